The molecule has 20 heavy (non-hydrogen) atoms. The van der Waals surface area contributed by atoms with Crippen LogP contribution in [0.2, 0.25) is 5.02 Å². The van der Waals surface area contributed by atoms with Gasteiger partial charge in [-0.15, -0.1) is 0 Å². The highest BCUT2D eigenvalue weighted by Crippen LogP contribution is 2.28. The van der Waals surface area contributed by atoms with Crippen molar-refractivity contribution in [2.45, 2.75) is 0 Å². The fraction of sp³-hybridized carbons (Fsp3) is 0. The first-order chi connectivity index (χ1) is 9.58. The summed E-state index contributed by atoms with van der Waals surface area (Å²) in [6.45, 7) is 0. The summed E-state index contributed by atoms with van der Waals surface area (Å²) >= 11 is 9.24. The highest BCUT2D eigenvalue weighted by atomic mass is 79.9. The van der Waals surface area contributed by atoms with Crippen molar-refractivity contribution in [2.75, 3.05) is 0 Å². The van der Waals surface area contributed by atoms with Crippen LogP contribution in [-0.2, 0) is 0 Å². The van der Waals surface area contributed by atoms with E-state index < -0.39 is 5.82 Å². The second kappa shape index (κ2) is 5.04. The number of ketones is 1. The predicted molar refractivity (Wildman–Crippen MR) is 80.8 cm³/mol. The third-order valence-corrected chi connectivity index (χ3v) is 3.96. The number of hydrogen-bond acceptors (Lipinski definition) is 1. The predicted octanol–water partition coefficient (Wildman–Crippen LogP) is 4.95. The summed E-state index contributed by atoms with van der Waals surface area (Å²) in [5.74, 6) is -0.905. The lowest BCUT2D eigenvalue weighted by Crippen LogP contribution is -2.02. The molecule has 5 heteroatoms. The molecule has 1 aromatic heterocycles. The molecule has 0 radical (unpaired) electrons. The second-order valence-corrected chi connectivity index (χ2v) is 5.62. The van der Waals surface area contributed by atoms with Gasteiger partial charge in [0.1, 0.15) is 5.82 Å². The number of aromatic amines is 1. The van der Waals surface area contributed by atoms with Crippen LogP contribution in [0.5, 0.6) is 0 Å². The molecule has 0 aliphatic heterocycles. The molecule has 3 rings (SSSR count). The molecule has 0 saturated heterocycles. The highest BCUT2D eigenvalue weighted by Gasteiger charge is 2.18. The normalized spacial score (nSPS) is 10.9. The minimum atomic E-state index is -0.599. The molecule has 0 spiro atoms. The van der Waals surface area contributed by atoms with Gasteiger partial charge in [-0.3, -0.25) is 4.79 Å². The SMILES string of the molecule is O=C(c1cccc(F)c1Cl)c1c[nH]c2ccc(Br)cc12. The van der Waals surface area contributed by atoms with Crippen LogP contribution in [-0.4, -0.2) is 10.8 Å². The van der Waals surface area contributed by atoms with Gasteiger partial charge in [0.05, 0.1) is 5.02 Å². The van der Waals surface area contributed by atoms with Crippen LogP contribution in [0.1, 0.15) is 15.9 Å². The van der Waals surface area contributed by atoms with Gasteiger partial charge in [-0.05, 0) is 30.3 Å². The van der Waals surface area contributed by atoms with Crippen molar-refractivity contribution in [2.24, 2.45) is 0 Å². The van der Waals surface area contributed by atoms with Crippen LogP contribution >= 0.6 is 27.5 Å². The zero-order valence-corrected chi connectivity index (χ0v) is 12.4. The van der Waals surface area contributed by atoms with Crippen molar-refractivity contribution in [3.63, 3.8) is 0 Å². The summed E-state index contributed by atoms with van der Waals surface area (Å²) in [5, 5.41) is 0.617. The summed E-state index contributed by atoms with van der Waals surface area (Å²) in [6.07, 6.45) is 1.61. The summed E-state index contributed by atoms with van der Waals surface area (Å²) in [5.41, 5.74) is 1.46. The maximum atomic E-state index is 13.5. The minimum absolute atomic E-state index is 0.151. The molecule has 0 aliphatic carbocycles. The quantitative estimate of drug-likeness (QED) is 0.650. The topological polar surface area (TPSA) is 32.9 Å². The maximum absolute atomic E-state index is 13.5. The van der Waals surface area contributed by atoms with Crippen molar-refractivity contribution in [3.8, 4) is 0 Å². The maximum Gasteiger partial charge on any atom is 0.196 e. The van der Waals surface area contributed by atoms with Crippen LogP contribution in [0.25, 0.3) is 10.9 Å². The average Bonchev–Trinajstić information content (AvgIpc) is 2.84. The van der Waals surface area contributed by atoms with Crippen LogP contribution in [0.3, 0.4) is 0 Å². The number of benzene rings is 2. The highest BCUT2D eigenvalue weighted by molar-refractivity contribution is 9.10. The Morgan fingerprint density at radius 2 is 2.00 bits per heavy atom. The molecule has 1 N–H and O–H groups in total. The van der Waals surface area contributed by atoms with E-state index in [1.165, 1.54) is 18.2 Å². The monoisotopic (exact) mass is 351 g/mol. The van der Waals surface area contributed by atoms with Crippen molar-refractivity contribution in [1.82, 2.24) is 4.98 Å². The molecule has 0 aliphatic rings. The molecule has 3 aromatic rings. The van der Waals surface area contributed by atoms with E-state index in [1.54, 1.807) is 6.20 Å². The number of rotatable bonds is 2. The van der Waals surface area contributed by atoms with Crippen LogP contribution < -0.4 is 0 Å². The van der Waals surface area contributed by atoms with Gasteiger partial charge in [0.2, 0.25) is 0 Å². The first kappa shape index (κ1) is 13.3. The molecular weight excluding hydrogens is 345 g/mol. The van der Waals surface area contributed by atoms with Crippen molar-refractivity contribution < 1.29 is 9.18 Å². The number of H-pyrrole nitrogens is 1. The van der Waals surface area contributed by atoms with Crippen molar-refractivity contribution in [3.05, 3.63) is 69.0 Å². The number of fused-ring (bicyclic) bond motifs is 1. The Morgan fingerprint density at radius 1 is 1.20 bits per heavy atom. The van der Waals surface area contributed by atoms with Gasteiger partial charge in [-0.1, -0.05) is 33.6 Å². The summed E-state index contributed by atoms with van der Waals surface area (Å²) < 4.78 is 14.3. The van der Waals surface area contributed by atoms with E-state index in [0.29, 0.717) is 5.56 Å². The zero-order chi connectivity index (χ0) is 14.3. The molecule has 0 saturated carbocycles. The Bertz CT molecular complexity index is 828. The molecule has 0 atom stereocenters. The molecule has 0 bridgehead atoms. The van der Waals surface area contributed by atoms with E-state index in [2.05, 4.69) is 20.9 Å². The standard InChI is InChI=1S/C15H8BrClFNO/c16-8-4-5-13-10(6-8)11(7-19-13)15(20)9-2-1-3-12(18)14(9)17/h1-7,19H. The lowest BCUT2D eigenvalue weighted by molar-refractivity contribution is 0.104. The Hall–Kier alpha value is -1.65. The average molecular weight is 353 g/mol. The molecule has 0 unspecified atom stereocenters. The van der Waals surface area contributed by atoms with Gasteiger partial charge in [-0.2, -0.15) is 0 Å². The Labute approximate surface area is 127 Å². The van der Waals surface area contributed by atoms with Crippen LogP contribution in [0, 0.1) is 5.82 Å². The summed E-state index contributed by atoms with van der Waals surface area (Å²) in [7, 11) is 0. The fourth-order valence-corrected chi connectivity index (χ4v) is 2.68. The Balaban J connectivity index is 2.18. The number of carbonyl (C=O) groups excluding carboxylic acids is 1. The third kappa shape index (κ3) is 2.15. The van der Waals surface area contributed by atoms with E-state index in [9.17, 15) is 9.18 Å². The fourth-order valence-electron chi connectivity index (χ4n) is 2.10. The Kier molecular flexibility index (Phi) is 3.36. The van der Waals surface area contributed by atoms with Crippen LogP contribution in [0.15, 0.2) is 47.1 Å². The minimum Gasteiger partial charge on any atom is -0.360 e. The largest absolute Gasteiger partial charge is 0.360 e. The van der Waals surface area contributed by atoms with E-state index in [-0.39, 0.29) is 16.4 Å². The summed E-state index contributed by atoms with van der Waals surface area (Å²) in [4.78, 5) is 15.5. The van der Waals surface area contributed by atoms with Crippen LogP contribution in [0.4, 0.5) is 4.39 Å². The molecule has 0 fully saturated rings. The third-order valence-electron chi connectivity index (χ3n) is 3.08. The van der Waals surface area contributed by atoms with E-state index >= 15 is 0 Å². The van der Waals surface area contributed by atoms with Gasteiger partial charge < -0.3 is 4.98 Å². The number of nitrogens with one attached hydrogen (secondary N) is 1. The molecular formula is C15H8BrClFNO. The molecule has 2 aromatic carbocycles. The zero-order valence-electron chi connectivity index (χ0n) is 10.1. The van der Waals surface area contributed by atoms with Gasteiger partial charge in [0.15, 0.2) is 5.78 Å². The van der Waals surface area contributed by atoms with Crippen molar-refractivity contribution >= 4 is 44.2 Å². The molecule has 100 valence electrons. The first-order valence-corrected chi connectivity index (χ1v) is 7.00. The van der Waals surface area contributed by atoms with E-state index in [0.717, 1.165) is 15.4 Å². The number of hydrogen-bond donors (Lipinski definition) is 1. The molecule has 2 nitrogen and oxygen atoms in total. The first-order valence-electron chi connectivity index (χ1n) is 5.83. The lowest BCUT2D eigenvalue weighted by atomic mass is 10.0. The number of carbonyl (C=O) groups is 1. The molecule has 0 amide bonds. The van der Waals surface area contributed by atoms with Gasteiger partial charge in [-0.25, -0.2) is 4.39 Å². The van der Waals surface area contributed by atoms with Crippen molar-refractivity contribution in [1.29, 1.82) is 0 Å². The van der Waals surface area contributed by atoms with Gasteiger partial charge >= 0.3 is 0 Å². The summed E-state index contributed by atoms with van der Waals surface area (Å²) in [6, 6.07) is 9.80. The van der Waals surface area contributed by atoms with Gasteiger partial charge in [0, 0.05) is 32.7 Å². The molecule has 1 heterocycles. The van der Waals surface area contributed by atoms with Gasteiger partial charge in [0.25, 0.3) is 0 Å². The second-order valence-electron chi connectivity index (χ2n) is 4.32. The number of halogens is 3. The van der Waals surface area contributed by atoms with E-state index in [1.807, 2.05) is 18.2 Å². The number of aromatic nitrogens is 1. The lowest BCUT2D eigenvalue weighted by Gasteiger charge is -2.03. The smallest absolute Gasteiger partial charge is 0.196 e. The Morgan fingerprint density at radius 3 is 2.80 bits per heavy atom. The van der Waals surface area contributed by atoms with E-state index in [4.69, 9.17) is 11.6 Å².